The Morgan fingerprint density at radius 2 is 1.65 bits per heavy atom. The number of esters is 1. The molecule has 23 heavy (non-hydrogen) atoms. The first-order valence-electron chi connectivity index (χ1n) is 7.20. The van der Waals surface area contributed by atoms with E-state index >= 15 is 0 Å². The standard InChI is InChI=1S/C19H16O3S/c1-13-7-10-15(11-8-13)23(21)18-16-6-4-3-5-14(16)9-12-17(18)19(20)22-2/h3-12H,1-2H3. The maximum atomic E-state index is 13.1. The van der Waals surface area contributed by atoms with Crippen molar-refractivity contribution in [3.8, 4) is 0 Å². The van der Waals surface area contributed by atoms with Crippen molar-refractivity contribution >= 4 is 27.5 Å². The van der Waals surface area contributed by atoms with E-state index in [-0.39, 0.29) is 0 Å². The van der Waals surface area contributed by atoms with Crippen molar-refractivity contribution in [3.05, 3.63) is 71.8 Å². The zero-order valence-electron chi connectivity index (χ0n) is 12.9. The third-order valence-corrected chi connectivity index (χ3v) is 5.22. The molecule has 0 radical (unpaired) electrons. The molecule has 3 aromatic rings. The molecule has 3 nitrogen and oxygen atoms in total. The zero-order chi connectivity index (χ0) is 16.4. The molecule has 3 rings (SSSR count). The van der Waals surface area contributed by atoms with Gasteiger partial charge in [0.2, 0.25) is 0 Å². The van der Waals surface area contributed by atoms with Crippen LogP contribution in [0.4, 0.5) is 0 Å². The molecule has 0 amide bonds. The second kappa shape index (κ2) is 6.34. The summed E-state index contributed by atoms with van der Waals surface area (Å²) in [7, 11) is -0.135. The van der Waals surface area contributed by atoms with Crippen molar-refractivity contribution in [1.29, 1.82) is 0 Å². The summed E-state index contributed by atoms with van der Waals surface area (Å²) in [4.78, 5) is 13.3. The van der Waals surface area contributed by atoms with Gasteiger partial charge in [-0.05, 0) is 35.9 Å². The highest BCUT2D eigenvalue weighted by atomic mass is 32.2. The average Bonchev–Trinajstić information content (AvgIpc) is 2.60. The van der Waals surface area contributed by atoms with Gasteiger partial charge in [-0.15, -0.1) is 0 Å². The minimum atomic E-state index is -1.46. The Morgan fingerprint density at radius 3 is 2.35 bits per heavy atom. The summed E-state index contributed by atoms with van der Waals surface area (Å²) in [5, 5.41) is 1.74. The lowest BCUT2D eigenvalue weighted by Crippen LogP contribution is -2.08. The zero-order valence-corrected chi connectivity index (χ0v) is 13.7. The third-order valence-electron chi connectivity index (χ3n) is 3.71. The van der Waals surface area contributed by atoms with Gasteiger partial charge in [-0.2, -0.15) is 0 Å². The fourth-order valence-electron chi connectivity index (χ4n) is 2.49. The summed E-state index contributed by atoms with van der Waals surface area (Å²) < 4.78 is 18.0. The Hall–Kier alpha value is -2.46. The van der Waals surface area contributed by atoms with Crippen LogP contribution >= 0.6 is 0 Å². The normalized spacial score (nSPS) is 12.1. The van der Waals surface area contributed by atoms with Gasteiger partial charge in [0.1, 0.15) is 0 Å². The first kappa shape index (κ1) is 15.4. The van der Waals surface area contributed by atoms with E-state index in [1.807, 2.05) is 61.5 Å². The fourth-order valence-corrected chi connectivity index (χ4v) is 3.85. The van der Waals surface area contributed by atoms with E-state index in [0.29, 0.717) is 15.4 Å². The van der Waals surface area contributed by atoms with E-state index in [1.54, 1.807) is 6.07 Å². The van der Waals surface area contributed by atoms with E-state index in [0.717, 1.165) is 16.3 Å². The number of hydrogen-bond acceptors (Lipinski definition) is 3. The molecule has 0 aliphatic carbocycles. The monoisotopic (exact) mass is 324 g/mol. The molecule has 0 heterocycles. The van der Waals surface area contributed by atoms with Crippen molar-refractivity contribution in [3.63, 3.8) is 0 Å². The van der Waals surface area contributed by atoms with Gasteiger partial charge in [-0.3, -0.25) is 0 Å². The Kier molecular flexibility index (Phi) is 4.26. The lowest BCUT2D eigenvalue weighted by molar-refractivity contribution is 0.0597. The maximum absolute atomic E-state index is 13.1. The van der Waals surface area contributed by atoms with E-state index in [1.165, 1.54) is 7.11 Å². The first-order valence-corrected chi connectivity index (χ1v) is 8.35. The van der Waals surface area contributed by atoms with Crippen LogP contribution in [0.2, 0.25) is 0 Å². The second-order valence-corrected chi connectivity index (χ2v) is 6.65. The smallest absolute Gasteiger partial charge is 0.339 e. The molecule has 1 unspecified atom stereocenters. The van der Waals surface area contributed by atoms with Crippen molar-refractivity contribution in [2.24, 2.45) is 0 Å². The molecule has 3 aromatic carbocycles. The summed E-state index contributed by atoms with van der Waals surface area (Å²) in [6.45, 7) is 1.98. The van der Waals surface area contributed by atoms with Crippen LogP contribution in [0.5, 0.6) is 0 Å². The van der Waals surface area contributed by atoms with Gasteiger partial charge in [0, 0.05) is 4.90 Å². The van der Waals surface area contributed by atoms with Crippen molar-refractivity contribution in [2.45, 2.75) is 16.7 Å². The van der Waals surface area contributed by atoms with Gasteiger partial charge < -0.3 is 4.74 Å². The van der Waals surface area contributed by atoms with Gasteiger partial charge in [-0.25, -0.2) is 9.00 Å². The molecule has 0 aliphatic rings. The minimum absolute atomic E-state index is 0.338. The molecule has 1 atom stereocenters. The Balaban J connectivity index is 2.26. The highest BCUT2D eigenvalue weighted by molar-refractivity contribution is 7.85. The molecule has 4 heteroatoms. The number of fused-ring (bicyclic) bond motifs is 1. The molecular weight excluding hydrogens is 308 g/mol. The lowest BCUT2D eigenvalue weighted by atomic mass is 10.1. The lowest BCUT2D eigenvalue weighted by Gasteiger charge is -2.12. The van der Waals surface area contributed by atoms with E-state index in [9.17, 15) is 9.00 Å². The number of hydrogen-bond donors (Lipinski definition) is 0. The number of benzene rings is 3. The van der Waals surface area contributed by atoms with Crippen LogP contribution in [0.3, 0.4) is 0 Å². The van der Waals surface area contributed by atoms with E-state index in [4.69, 9.17) is 4.74 Å². The third kappa shape index (κ3) is 2.90. The number of methoxy groups -OCH3 is 1. The number of carbonyl (C=O) groups is 1. The van der Waals surface area contributed by atoms with Crippen LogP contribution < -0.4 is 0 Å². The molecule has 0 spiro atoms. The topological polar surface area (TPSA) is 43.4 Å². The number of ether oxygens (including phenoxy) is 1. The molecule has 0 saturated carbocycles. The van der Waals surface area contributed by atoms with Crippen LogP contribution in [0.25, 0.3) is 10.8 Å². The summed E-state index contributed by atoms with van der Waals surface area (Å²) in [5.41, 5.74) is 1.43. The fraction of sp³-hybridized carbons (Fsp3) is 0.105. The number of aryl methyl sites for hydroxylation is 1. The van der Waals surface area contributed by atoms with Crippen LogP contribution in [0, 0.1) is 6.92 Å². The molecule has 0 aliphatic heterocycles. The van der Waals surface area contributed by atoms with Gasteiger partial charge in [0.25, 0.3) is 0 Å². The van der Waals surface area contributed by atoms with E-state index in [2.05, 4.69) is 0 Å². The predicted molar refractivity (Wildman–Crippen MR) is 91.1 cm³/mol. The van der Waals surface area contributed by atoms with E-state index < -0.39 is 16.8 Å². The van der Waals surface area contributed by atoms with Gasteiger partial charge in [0.15, 0.2) is 0 Å². The van der Waals surface area contributed by atoms with Crippen LogP contribution in [0.15, 0.2) is 70.5 Å². The highest BCUT2D eigenvalue weighted by Gasteiger charge is 2.20. The van der Waals surface area contributed by atoms with Crippen LogP contribution in [-0.4, -0.2) is 17.3 Å². The predicted octanol–water partition coefficient (Wildman–Crippen LogP) is 4.10. The van der Waals surface area contributed by atoms with Gasteiger partial charge in [0.05, 0.1) is 28.4 Å². The largest absolute Gasteiger partial charge is 0.465 e. The number of rotatable bonds is 3. The molecule has 0 saturated heterocycles. The Bertz CT molecular complexity index is 898. The maximum Gasteiger partial charge on any atom is 0.339 e. The van der Waals surface area contributed by atoms with Crippen molar-refractivity contribution < 1.29 is 13.7 Å². The Labute approximate surface area is 137 Å². The van der Waals surface area contributed by atoms with Gasteiger partial charge in [-0.1, -0.05) is 48.0 Å². The van der Waals surface area contributed by atoms with Crippen molar-refractivity contribution in [2.75, 3.05) is 7.11 Å². The quantitative estimate of drug-likeness (QED) is 0.681. The first-order chi connectivity index (χ1) is 11.1. The van der Waals surface area contributed by atoms with Crippen LogP contribution in [-0.2, 0) is 15.5 Å². The van der Waals surface area contributed by atoms with Crippen molar-refractivity contribution in [1.82, 2.24) is 0 Å². The molecule has 0 fully saturated rings. The highest BCUT2D eigenvalue weighted by Crippen LogP contribution is 2.29. The molecule has 0 N–H and O–H groups in total. The summed E-state index contributed by atoms with van der Waals surface area (Å²) in [6.07, 6.45) is 0. The summed E-state index contributed by atoms with van der Waals surface area (Å²) in [6, 6.07) is 18.6. The summed E-state index contributed by atoms with van der Waals surface area (Å²) >= 11 is 0. The molecule has 0 bridgehead atoms. The average molecular weight is 324 g/mol. The molecule has 116 valence electrons. The Morgan fingerprint density at radius 1 is 0.957 bits per heavy atom. The summed E-state index contributed by atoms with van der Waals surface area (Å²) in [5.74, 6) is -0.480. The second-order valence-electron chi connectivity index (χ2n) is 5.24. The van der Waals surface area contributed by atoms with Crippen LogP contribution in [0.1, 0.15) is 15.9 Å². The molecule has 0 aromatic heterocycles. The minimum Gasteiger partial charge on any atom is -0.465 e. The SMILES string of the molecule is COC(=O)c1ccc2ccccc2c1S(=O)c1ccc(C)cc1. The molecular formula is C19H16O3S. The van der Waals surface area contributed by atoms with Gasteiger partial charge >= 0.3 is 5.97 Å². The number of carbonyl (C=O) groups excluding carboxylic acids is 1.